The molecule has 2 unspecified atom stereocenters. The first-order chi connectivity index (χ1) is 8.99. The van der Waals surface area contributed by atoms with Crippen molar-refractivity contribution in [2.24, 2.45) is 11.8 Å². The Balaban J connectivity index is 2.53. The number of nitrogens with zero attached hydrogens (tertiary/aromatic N) is 1. The molecule has 0 spiro atoms. The van der Waals surface area contributed by atoms with Crippen LogP contribution in [-0.2, 0) is 0 Å². The zero-order valence-corrected chi connectivity index (χ0v) is 12.6. The van der Waals surface area contributed by atoms with Gasteiger partial charge in [0.05, 0.1) is 11.7 Å². The van der Waals surface area contributed by atoms with Gasteiger partial charge in [0.15, 0.2) is 0 Å². The maximum absolute atomic E-state index is 10.9. The van der Waals surface area contributed by atoms with Gasteiger partial charge in [-0.3, -0.25) is 0 Å². The van der Waals surface area contributed by atoms with Gasteiger partial charge < -0.3 is 5.11 Å². The maximum atomic E-state index is 10.9. The SMILES string of the molecule is C=C(C)C(CCC(C)CCC#N)C1(O)CCCCC1. The molecule has 0 bridgehead atoms. The lowest BCUT2D eigenvalue weighted by atomic mass is 9.71. The first kappa shape index (κ1) is 16.2. The van der Waals surface area contributed by atoms with Crippen LogP contribution in [0.2, 0.25) is 0 Å². The summed E-state index contributed by atoms with van der Waals surface area (Å²) in [4.78, 5) is 0. The fourth-order valence-corrected chi connectivity index (χ4v) is 3.39. The highest BCUT2D eigenvalue weighted by Crippen LogP contribution is 2.40. The monoisotopic (exact) mass is 263 g/mol. The Bertz CT molecular complexity index is 323. The number of rotatable bonds is 7. The summed E-state index contributed by atoms with van der Waals surface area (Å²) in [7, 11) is 0. The minimum absolute atomic E-state index is 0.234. The van der Waals surface area contributed by atoms with E-state index in [4.69, 9.17) is 5.26 Å². The van der Waals surface area contributed by atoms with Crippen molar-refractivity contribution in [1.82, 2.24) is 0 Å². The third-order valence-corrected chi connectivity index (χ3v) is 4.66. The van der Waals surface area contributed by atoms with Crippen LogP contribution in [0.15, 0.2) is 12.2 Å². The van der Waals surface area contributed by atoms with Gasteiger partial charge in [0.25, 0.3) is 0 Å². The molecular formula is C17H29NO. The van der Waals surface area contributed by atoms with Crippen molar-refractivity contribution in [3.8, 4) is 6.07 Å². The summed E-state index contributed by atoms with van der Waals surface area (Å²) in [5, 5.41) is 19.5. The smallest absolute Gasteiger partial charge is 0.0712 e. The first-order valence-electron chi connectivity index (χ1n) is 7.74. The zero-order valence-electron chi connectivity index (χ0n) is 12.6. The standard InChI is InChI=1S/C17H29NO/c1-14(2)16(10-9-15(3)8-7-13-18)17(19)11-5-4-6-12-17/h15-16,19H,1,4-12H2,2-3H3. The van der Waals surface area contributed by atoms with E-state index < -0.39 is 5.60 Å². The summed E-state index contributed by atoms with van der Waals surface area (Å²) in [6.45, 7) is 8.36. The van der Waals surface area contributed by atoms with Crippen LogP contribution in [0.4, 0.5) is 0 Å². The van der Waals surface area contributed by atoms with Crippen LogP contribution in [0.1, 0.15) is 71.6 Å². The van der Waals surface area contributed by atoms with E-state index in [1.54, 1.807) is 0 Å². The quantitative estimate of drug-likeness (QED) is 0.682. The van der Waals surface area contributed by atoms with Crippen LogP contribution >= 0.6 is 0 Å². The molecule has 0 heterocycles. The highest BCUT2D eigenvalue weighted by atomic mass is 16.3. The highest BCUT2D eigenvalue weighted by Gasteiger charge is 2.37. The van der Waals surface area contributed by atoms with E-state index in [0.29, 0.717) is 12.3 Å². The second-order valence-corrected chi connectivity index (χ2v) is 6.44. The predicted molar refractivity (Wildman–Crippen MR) is 79.6 cm³/mol. The van der Waals surface area contributed by atoms with Gasteiger partial charge in [0.1, 0.15) is 0 Å². The Kier molecular flexibility index (Phi) is 6.58. The Morgan fingerprint density at radius 2 is 1.89 bits per heavy atom. The van der Waals surface area contributed by atoms with Gasteiger partial charge in [-0.15, -0.1) is 0 Å². The molecular weight excluding hydrogens is 234 g/mol. The molecule has 1 fully saturated rings. The number of aliphatic hydroxyl groups is 1. The van der Waals surface area contributed by atoms with Crippen LogP contribution in [0, 0.1) is 23.2 Å². The Morgan fingerprint density at radius 1 is 1.26 bits per heavy atom. The van der Waals surface area contributed by atoms with E-state index >= 15 is 0 Å². The molecule has 0 amide bonds. The van der Waals surface area contributed by atoms with Crippen molar-refractivity contribution in [2.45, 2.75) is 77.2 Å². The summed E-state index contributed by atoms with van der Waals surface area (Å²) in [5.41, 5.74) is 0.607. The van der Waals surface area contributed by atoms with Crippen molar-refractivity contribution in [1.29, 1.82) is 5.26 Å². The summed E-state index contributed by atoms with van der Waals surface area (Å²) < 4.78 is 0. The first-order valence-corrected chi connectivity index (χ1v) is 7.74. The Hall–Kier alpha value is -0.810. The number of hydrogen-bond donors (Lipinski definition) is 1. The fraction of sp³-hybridized carbons (Fsp3) is 0.824. The number of hydrogen-bond acceptors (Lipinski definition) is 2. The van der Waals surface area contributed by atoms with E-state index in [1.165, 1.54) is 6.42 Å². The molecule has 0 aromatic rings. The summed E-state index contributed by atoms with van der Waals surface area (Å²) in [5.74, 6) is 0.797. The van der Waals surface area contributed by atoms with Gasteiger partial charge in [-0.05, 0) is 44.9 Å². The third kappa shape index (κ3) is 4.99. The Labute approximate surface area is 118 Å². The van der Waals surface area contributed by atoms with Crippen molar-refractivity contribution < 1.29 is 5.11 Å². The molecule has 108 valence electrons. The van der Waals surface area contributed by atoms with Crippen LogP contribution in [0.3, 0.4) is 0 Å². The molecule has 1 N–H and O–H groups in total. The molecule has 1 aliphatic carbocycles. The molecule has 0 aliphatic heterocycles. The predicted octanol–water partition coefficient (Wildman–Crippen LogP) is 4.59. The van der Waals surface area contributed by atoms with Crippen LogP contribution in [0.25, 0.3) is 0 Å². The van der Waals surface area contributed by atoms with E-state index in [0.717, 1.165) is 50.5 Å². The minimum Gasteiger partial charge on any atom is -0.389 e. The molecule has 1 saturated carbocycles. The molecule has 0 radical (unpaired) electrons. The number of nitriles is 1. The summed E-state index contributed by atoms with van der Waals surface area (Å²) >= 11 is 0. The van der Waals surface area contributed by atoms with Crippen molar-refractivity contribution in [3.05, 3.63) is 12.2 Å². The topological polar surface area (TPSA) is 44.0 Å². The summed E-state index contributed by atoms with van der Waals surface area (Å²) in [6.07, 6.45) is 9.10. The molecule has 1 aliphatic rings. The molecule has 2 nitrogen and oxygen atoms in total. The van der Waals surface area contributed by atoms with Crippen LogP contribution in [-0.4, -0.2) is 10.7 Å². The molecule has 0 aromatic carbocycles. The van der Waals surface area contributed by atoms with Crippen molar-refractivity contribution >= 4 is 0 Å². The summed E-state index contributed by atoms with van der Waals surface area (Å²) in [6, 6.07) is 2.21. The second kappa shape index (κ2) is 7.70. The average Bonchev–Trinajstić information content (AvgIpc) is 2.36. The lowest BCUT2D eigenvalue weighted by Gasteiger charge is -2.40. The van der Waals surface area contributed by atoms with Gasteiger partial charge >= 0.3 is 0 Å². The largest absolute Gasteiger partial charge is 0.389 e. The van der Waals surface area contributed by atoms with E-state index in [2.05, 4.69) is 26.5 Å². The third-order valence-electron chi connectivity index (χ3n) is 4.66. The molecule has 0 saturated heterocycles. The van der Waals surface area contributed by atoms with E-state index in [-0.39, 0.29) is 5.92 Å². The average molecular weight is 263 g/mol. The van der Waals surface area contributed by atoms with Gasteiger partial charge in [-0.25, -0.2) is 0 Å². The van der Waals surface area contributed by atoms with Gasteiger partial charge in [0, 0.05) is 12.3 Å². The highest BCUT2D eigenvalue weighted by molar-refractivity contribution is 5.06. The maximum Gasteiger partial charge on any atom is 0.0712 e. The molecule has 2 atom stereocenters. The van der Waals surface area contributed by atoms with Gasteiger partial charge in [-0.2, -0.15) is 5.26 Å². The lowest BCUT2D eigenvalue weighted by Crippen LogP contribution is -2.40. The second-order valence-electron chi connectivity index (χ2n) is 6.44. The van der Waals surface area contributed by atoms with Crippen LogP contribution in [0.5, 0.6) is 0 Å². The minimum atomic E-state index is -0.515. The molecule has 19 heavy (non-hydrogen) atoms. The van der Waals surface area contributed by atoms with Crippen molar-refractivity contribution in [2.75, 3.05) is 0 Å². The van der Waals surface area contributed by atoms with Gasteiger partial charge in [0.2, 0.25) is 0 Å². The normalized spacial score (nSPS) is 21.4. The van der Waals surface area contributed by atoms with Crippen molar-refractivity contribution in [3.63, 3.8) is 0 Å². The molecule has 1 rings (SSSR count). The van der Waals surface area contributed by atoms with E-state index in [9.17, 15) is 5.11 Å². The van der Waals surface area contributed by atoms with Crippen LogP contribution < -0.4 is 0 Å². The lowest BCUT2D eigenvalue weighted by molar-refractivity contribution is -0.0406. The van der Waals surface area contributed by atoms with Gasteiger partial charge in [-0.1, -0.05) is 38.3 Å². The molecule has 2 heteroatoms. The molecule has 0 aromatic heterocycles. The zero-order chi connectivity index (χ0) is 14.3. The van der Waals surface area contributed by atoms with E-state index in [1.807, 2.05) is 0 Å². The fourth-order valence-electron chi connectivity index (χ4n) is 3.39. The Morgan fingerprint density at radius 3 is 2.42 bits per heavy atom.